The Balaban J connectivity index is 1.98. The van der Waals surface area contributed by atoms with Crippen molar-refractivity contribution in [1.82, 2.24) is 9.78 Å². The van der Waals surface area contributed by atoms with E-state index in [2.05, 4.69) is 26.1 Å². The van der Waals surface area contributed by atoms with E-state index in [1.807, 2.05) is 37.3 Å². The van der Waals surface area contributed by atoms with Gasteiger partial charge in [0.15, 0.2) is 6.10 Å². The van der Waals surface area contributed by atoms with Gasteiger partial charge in [-0.05, 0) is 19.1 Å². The molecule has 2 aromatic rings. The van der Waals surface area contributed by atoms with Crippen molar-refractivity contribution < 1.29 is 14.3 Å². The highest BCUT2D eigenvalue weighted by Crippen LogP contribution is 2.31. The molecular formula is C19H25N3O3. The van der Waals surface area contributed by atoms with Gasteiger partial charge in [-0.2, -0.15) is 5.10 Å². The van der Waals surface area contributed by atoms with Gasteiger partial charge in [0, 0.05) is 11.0 Å². The first-order chi connectivity index (χ1) is 11.9. The quantitative estimate of drug-likeness (QED) is 0.931. The van der Waals surface area contributed by atoms with Crippen molar-refractivity contribution in [3.63, 3.8) is 0 Å². The summed E-state index contributed by atoms with van der Waals surface area (Å²) in [4.78, 5) is 12.6. The van der Waals surface area contributed by atoms with E-state index in [9.17, 15) is 4.79 Å². The van der Waals surface area contributed by atoms with Gasteiger partial charge in [-0.25, -0.2) is 4.68 Å². The molecule has 1 saturated heterocycles. The topological polar surface area (TPSA) is 65.4 Å². The van der Waals surface area contributed by atoms with Crippen LogP contribution in [0, 0.1) is 6.92 Å². The zero-order valence-electron chi connectivity index (χ0n) is 15.2. The number of aromatic nitrogens is 2. The molecule has 1 unspecified atom stereocenters. The maximum Gasteiger partial charge on any atom is 0.257 e. The van der Waals surface area contributed by atoms with E-state index >= 15 is 0 Å². The number of nitrogens with zero attached hydrogens (tertiary/aromatic N) is 2. The Morgan fingerprint density at radius 3 is 2.56 bits per heavy atom. The molecule has 0 radical (unpaired) electrons. The summed E-state index contributed by atoms with van der Waals surface area (Å²) in [7, 11) is 0. The molecule has 3 rings (SSSR count). The molecule has 134 valence electrons. The Labute approximate surface area is 148 Å². The highest BCUT2D eigenvalue weighted by molar-refractivity contribution is 5.94. The fourth-order valence-corrected chi connectivity index (χ4v) is 2.95. The molecule has 0 aliphatic carbocycles. The molecule has 1 aliphatic heterocycles. The van der Waals surface area contributed by atoms with E-state index in [0.29, 0.717) is 19.0 Å². The molecule has 0 bridgehead atoms. The van der Waals surface area contributed by atoms with Crippen LogP contribution in [-0.2, 0) is 19.7 Å². The second-order valence-electron chi connectivity index (χ2n) is 7.24. The highest BCUT2D eigenvalue weighted by atomic mass is 16.6. The number of benzene rings is 1. The molecule has 1 aromatic carbocycles. The first-order valence-corrected chi connectivity index (χ1v) is 8.53. The predicted octanol–water partition coefficient (Wildman–Crippen LogP) is 2.83. The van der Waals surface area contributed by atoms with Crippen molar-refractivity contribution >= 4 is 11.7 Å². The Kier molecular flexibility index (Phi) is 4.92. The van der Waals surface area contributed by atoms with Gasteiger partial charge >= 0.3 is 0 Å². The largest absolute Gasteiger partial charge is 0.376 e. The van der Waals surface area contributed by atoms with E-state index in [1.54, 1.807) is 4.68 Å². The Morgan fingerprint density at radius 1 is 1.24 bits per heavy atom. The zero-order chi connectivity index (χ0) is 18.0. The summed E-state index contributed by atoms with van der Waals surface area (Å²) in [5.41, 5.74) is 2.68. The minimum atomic E-state index is -0.592. The molecule has 1 N–H and O–H groups in total. The van der Waals surface area contributed by atoms with Crippen LogP contribution in [0.1, 0.15) is 32.0 Å². The molecule has 1 aliphatic rings. The van der Waals surface area contributed by atoms with Crippen molar-refractivity contribution in [2.45, 2.75) is 39.2 Å². The monoisotopic (exact) mass is 343 g/mol. The van der Waals surface area contributed by atoms with Crippen molar-refractivity contribution in [3.8, 4) is 5.69 Å². The summed E-state index contributed by atoms with van der Waals surface area (Å²) in [6.07, 6.45) is -0.592. The van der Waals surface area contributed by atoms with Crippen LogP contribution in [0.3, 0.4) is 0 Å². The molecular weight excluding hydrogens is 318 g/mol. The van der Waals surface area contributed by atoms with Gasteiger partial charge < -0.3 is 14.8 Å². The summed E-state index contributed by atoms with van der Waals surface area (Å²) in [6.45, 7) is 9.56. The number of carbonyl (C=O) groups excluding carboxylic acids is 1. The smallest absolute Gasteiger partial charge is 0.257 e. The molecule has 0 saturated carbocycles. The fourth-order valence-electron chi connectivity index (χ4n) is 2.95. The number of hydrogen-bond acceptors (Lipinski definition) is 4. The van der Waals surface area contributed by atoms with Crippen LogP contribution in [0.2, 0.25) is 0 Å². The van der Waals surface area contributed by atoms with Crippen LogP contribution in [0.5, 0.6) is 0 Å². The lowest BCUT2D eigenvalue weighted by molar-refractivity contribution is -0.142. The van der Waals surface area contributed by atoms with Gasteiger partial charge in [0.25, 0.3) is 5.91 Å². The van der Waals surface area contributed by atoms with Crippen LogP contribution in [-0.4, -0.2) is 41.6 Å². The summed E-state index contributed by atoms with van der Waals surface area (Å²) in [5.74, 6) is 0.468. The van der Waals surface area contributed by atoms with Crippen LogP contribution >= 0.6 is 0 Å². The molecule has 2 heterocycles. The number of hydrogen-bond donors (Lipinski definition) is 1. The normalized spacial score (nSPS) is 18.2. The van der Waals surface area contributed by atoms with Gasteiger partial charge in [0.05, 0.1) is 31.2 Å². The van der Waals surface area contributed by atoms with E-state index in [-0.39, 0.29) is 17.9 Å². The molecule has 25 heavy (non-hydrogen) atoms. The van der Waals surface area contributed by atoms with E-state index in [4.69, 9.17) is 14.6 Å². The van der Waals surface area contributed by atoms with Crippen molar-refractivity contribution in [3.05, 3.63) is 41.6 Å². The second-order valence-corrected chi connectivity index (χ2v) is 7.24. The van der Waals surface area contributed by atoms with Crippen molar-refractivity contribution in [2.75, 3.05) is 25.1 Å². The number of nitrogens with one attached hydrogen (secondary N) is 1. The van der Waals surface area contributed by atoms with Gasteiger partial charge in [0.1, 0.15) is 5.82 Å². The Bertz CT molecular complexity index is 741. The Morgan fingerprint density at radius 2 is 1.96 bits per heavy atom. The SMILES string of the molecule is Cc1c(C(C)(C)C)nn(-c2ccccc2)c1NC(=O)C1COCCO1. The molecule has 6 heteroatoms. The fraction of sp³-hybridized carbons (Fsp3) is 0.474. The van der Waals surface area contributed by atoms with E-state index in [0.717, 1.165) is 16.9 Å². The summed E-state index contributed by atoms with van der Waals surface area (Å²) < 4.78 is 12.6. The van der Waals surface area contributed by atoms with Gasteiger partial charge in [-0.15, -0.1) is 0 Å². The number of carbonyl (C=O) groups is 1. The number of para-hydroxylation sites is 1. The molecule has 0 spiro atoms. The van der Waals surface area contributed by atoms with Gasteiger partial charge in [0.2, 0.25) is 0 Å². The van der Waals surface area contributed by atoms with E-state index in [1.165, 1.54) is 0 Å². The average Bonchev–Trinajstić information content (AvgIpc) is 2.93. The Hall–Kier alpha value is -2.18. The number of rotatable bonds is 3. The van der Waals surface area contributed by atoms with Crippen LogP contribution in [0.25, 0.3) is 5.69 Å². The molecule has 6 nitrogen and oxygen atoms in total. The molecule has 1 amide bonds. The lowest BCUT2D eigenvalue weighted by Gasteiger charge is -2.22. The van der Waals surface area contributed by atoms with Crippen LogP contribution in [0.4, 0.5) is 5.82 Å². The van der Waals surface area contributed by atoms with Crippen molar-refractivity contribution in [2.24, 2.45) is 0 Å². The minimum absolute atomic E-state index is 0.131. The lowest BCUT2D eigenvalue weighted by atomic mass is 9.90. The molecule has 1 atom stereocenters. The average molecular weight is 343 g/mol. The highest BCUT2D eigenvalue weighted by Gasteiger charge is 2.28. The van der Waals surface area contributed by atoms with Gasteiger partial charge in [-0.1, -0.05) is 39.0 Å². The minimum Gasteiger partial charge on any atom is -0.376 e. The predicted molar refractivity (Wildman–Crippen MR) is 96.2 cm³/mol. The van der Waals surface area contributed by atoms with Gasteiger partial charge in [-0.3, -0.25) is 4.79 Å². The first-order valence-electron chi connectivity index (χ1n) is 8.53. The molecule has 1 fully saturated rings. The summed E-state index contributed by atoms with van der Waals surface area (Å²) in [6, 6.07) is 9.79. The van der Waals surface area contributed by atoms with Crippen molar-refractivity contribution in [1.29, 1.82) is 0 Å². The number of anilines is 1. The standard InChI is InChI=1S/C19H25N3O3/c1-13-16(19(2,3)4)21-22(14-8-6-5-7-9-14)17(13)20-18(23)15-12-24-10-11-25-15/h5-9,15H,10-12H2,1-4H3,(H,20,23). The van der Waals surface area contributed by atoms with E-state index < -0.39 is 6.10 Å². The zero-order valence-corrected chi connectivity index (χ0v) is 15.2. The third-order valence-electron chi connectivity index (χ3n) is 4.18. The maximum absolute atomic E-state index is 12.6. The lowest BCUT2D eigenvalue weighted by Crippen LogP contribution is -2.39. The number of amides is 1. The van der Waals surface area contributed by atoms with Crippen LogP contribution in [0.15, 0.2) is 30.3 Å². The maximum atomic E-state index is 12.6. The third kappa shape index (κ3) is 3.75. The molecule has 1 aromatic heterocycles. The first kappa shape index (κ1) is 17.6. The number of ether oxygens (including phenoxy) is 2. The second kappa shape index (κ2) is 6.98. The summed E-state index contributed by atoms with van der Waals surface area (Å²) >= 11 is 0. The third-order valence-corrected chi connectivity index (χ3v) is 4.18. The summed E-state index contributed by atoms with van der Waals surface area (Å²) in [5, 5.41) is 7.78. The van der Waals surface area contributed by atoms with Crippen LogP contribution < -0.4 is 5.32 Å².